The summed E-state index contributed by atoms with van der Waals surface area (Å²) in [6.07, 6.45) is 0.886. The average Bonchev–Trinajstić information content (AvgIpc) is 2.54. The molecule has 2 aromatic rings. The molecule has 0 saturated heterocycles. The Bertz CT molecular complexity index is 381. The lowest BCUT2D eigenvalue weighted by Gasteiger charge is -1.97. The highest BCUT2D eigenvalue weighted by atomic mass is 32.1. The van der Waals surface area contributed by atoms with Gasteiger partial charge in [-0.3, -0.25) is 0 Å². The standard InChI is InChI=1S/C10H10N2S/c11-10-9(13-7-12-10)6-8-4-2-1-3-5-8/h1-5,7H,6,11H2. The zero-order chi connectivity index (χ0) is 9.10. The summed E-state index contributed by atoms with van der Waals surface area (Å²) in [5.74, 6) is 0.661. The lowest BCUT2D eigenvalue weighted by molar-refractivity contribution is 1.22. The minimum Gasteiger partial charge on any atom is -0.383 e. The van der Waals surface area contributed by atoms with E-state index < -0.39 is 0 Å². The van der Waals surface area contributed by atoms with Crippen molar-refractivity contribution in [1.82, 2.24) is 4.98 Å². The molecule has 1 heterocycles. The molecule has 2 N–H and O–H groups in total. The van der Waals surface area contributed by atoms with E-state index in [4.69, 9.17) is 5.73 Å². The van der Waals surface area contributed by atoms with Gasteiger partial charge in [-0.1, -0.05) is 30.3 Å². The first kappa shape index (κ1) is 8.26. The highest BCUT2D eigenvalue weighted by Crippen LogP contribution is 2.19. The molecule has 0 radical (unpaired) electrons. The Hall–Kier alpha value is -1.35. The maximum atomic E-state index is 5.69. The number of benzene rings is 1. The van der Waals surface area contributed by atoms with Gasteiger partial charge in [0.2, 0.25) is 0 Å². The molecule has 0 fully saturated rings. The molecule has 2 nitrogen and oxygen atoms in total. The van der Waals surface area contributed by atoms with E-state index in [0.717, 1.165) is 11.3 Å². The lowest BCUT2D eigenvalue weighted by atomic mass is 10.1. The van der Waals surface area contributed by atoms with E-state index in [1.807, 2.05) is 18.2 Å². The number of thiazole rings is 1. The van der Waals surface area contributed by atoms with Gasteiger partial charge in [0, 0.05) is 6.42 Å². The van der Waals surface area contributed by atoms with Crippen LogP contribution in [0.1, 0.15) is 10.4 Å². The van der Waals surface area contributed by atoms with Gasteiger partial charge >= 0.3 is 0 Å². The second-order valence-electron chi connectivity index (χ2n) is 2.82. The Morgan fingerprint density at radius 3 is 2.62 bits per heavy atom. The Morgan fingerprint density at radius 2 is 2.00 bits per heavy atom. The zero-order valence-electron chi connectivity index (χ0n) is 7.10. The smallest absolute Gasteiger partial charge is 0.137 e. The van der Waals surface area contributed by atoms with Crippen LogP contribution in [0, 0.1) is 0 Å². The number of rotatable bonds is 2. The van der Waals surface area contributed by atoms with Crippen molar-refractivity contribution in [2.45, 2.75) is 6.42 Å². The van der Waals surface area contributed by atoms with Crippen LogP contribution >= 0.6 is 11.3 Å². The summed E-state index contributed by atoms with van der Waals surface area (Å²) >= 11 is 1.61. The average molecular weight is 190 g/mol. The number of nitrogens with zero attached hydrogens (tertiary/aromatic N) is 1. The van der Waals surface area contributed by atoms with Gasteiger partial charge in [0.05, 0.1) is 10.4 Å². The van der Waals surface area contributed by atoms with E-state index in [-0.39, 0.29) is 0 Å². The van der Waals surface area contributed by atoms with Crippen molar-refractivity contribution in [3.05, 3.63) is 46.3 Å². The van der Waals surface area contributed by atoms with E-state index in [1.165, 1.54) is 5.56 Å². The molecule has 1 aromatic carbocycles. The molecular formula is C10H10N2S. The third-order valence-electron chi connectivity index (χ3n) is 1.88. The number of aromatic nitrogens is 1. The maximum Gasteiger partial charge on any atom is 0.137 e. The summed E-state index contributed by atoms with van der Waals surface area (Å²) in [5.41, 5.74) is 8.75. The van der Waals surface area contributed by atoms with Crippen molar-refractivity contribution in [1.29, 1.82) is 0 Å². The van der Waals surface area contributed by atoms with Crippen LogP contribution < -0.4 is 5.73 Å². The molecule has 0 saturated carbocycles. The van der Waals surface area contributed by atoms with E-state index in [2.05, 4.69) is 17.1 Å². The fourth-order valence-corrected chi connectivity index (χ4v) is 1.91. The molecule has 2 rings (SSSR count). The van der Waals surface area contributed by atoms with E-state index in [1.54, 1.807) is 16.8 Å². The van der Waals surface area contributed by atoms with Gasteiger partial charge in [0.1, 0.15) is 5.82 Å². The molecule has 3 heteroatoms. The Balaban J connectivity index is 2.20. The number of nitrogen functional groups attached to an aromatic ring is 1. The third kappa shape index (κ3) is 1.87. The fourth-order valence-electron chi connectivity index (χ4n) is 1.19. The molecule has 0 bridgehead atoms. The van der Waals surface area contributed by atoms with Crippen LogP contribution in [0.4, 0.5) is 5.82 Å². The molecular weight excluding hydrogens is 180 g/mol. The summed E-state index contributed by atoms with van der Waals surface area (Å²) in [6.45, 7) is 0. The summed E-state index contributed by atoms with van der Waals surface area (Å²) in [7, 11) is 0. The quantitative estimate of drug-likeness (QED) is 0.789. The molecule has 13 heavy (non-hydrogen) atoms. The fraction of sp³-hybridized carbons (Fsp3) is 0.100. The lowest BCUT2D eigenvalue weighted by Crippen LogP contribution is -1.91. The van der Waals surface area contributed by atoms with Crippen LogP contribution in [0.2, 0.25) is 0 Å². The number of hydrogen-bond acceptors (Lipinski definition) is 3. The Morgan fingerprint density at radius 1 is 1.23 bits per heavy atom. The minimum absolute atomic E-state index is 0.661. The molecule has 0 aliphatic carbocycles. The van der Waals surface area contributed by atoms with Gasteiger partial charge in [-0.05, 0) is 5.56 Å². The first-order valence-electron chi connectivity index (χ1n) is 4.08. The zero-order valence-corrected chi connectivity index (χ0v) is 7.92. The van der Waals surface area contributed by atoms with Gasteiger partial charge in [-0.2, -0.15) is 0 Å². The van der Waals surface area contributed by atoms with Crippen LogP contribution in [0.5, 0.6) is 0 Å². The van der Waals surface area contributed by atoms with E-state index in [0.29, 0.717) is 5.82 Å². The Kier molecular flexibility index (Phi) is 2.27. The summed E-state index contributed by atoms with van der Waals surface area (Å²) < 4.78 is 0. The molecule has 0 aliphatic heterocycles. The third-order valence-corrected chi connectivity index (χ3v) is 2.73. The SMILES string of the molecule is Nc1ncsc1Cc1ccccc1. The van der Waals surface area contributed by atoms with Crippen molar-refractivity contribution in [3.63, 3.8) is 0 Å². The first-order valence-corrected chi connectivity index (χ1v) is 4.96. The second kappa shape index (κ2) is 3.58. The molecule has 0 spiro atoms. The van der Waals surface area contributed by atoms with Crippen molar-refractivity contribution >= 4 is 17.2 Å². The summed E-state index contributed by atoms with van der Waals surface area (Å²) in [5, 5.41) is 0. The van der Waals surface area contributed by atoms with E-state index >= 15 is 0 Å². The number of anilines is 1. The van der Waals surface area contributed by atoms with Crippen molar-refractivity contribution in [3.8, 4) is 0 Å². The molecule has 0 atom stereocenters. The van der Waals surface area contributed by atoms with Crippen LogP contribution in [0.25, 0.3) is 0 Å². The highest BCUT2D eigenvalue weighted by Gasteiger charge is 2.02. The van der Waals surface area contributed by atoms with E-state index in [9.17, 15) is 0 Å². The van der Waals surface area contributed by atoms with Crippen LogP contribution in [-0.4, -0.2) is 4.98 Å². The predicted molar refractivity (Wildman–Crippen MR) is 55.8 cm³/mol. The molecule has 0 unspecified atom stereocenters. The van der Waals surface area contributed by atoms with Gasteiger partial charge in [0.25, 0.3) is 0 Å². The molecule has 66 valence electrons. The maximum absolute atomic E-state index is 5.69. The largest absolute Gasteiger partial charge is 0.383 e. The Labute approximate surface area is 81.1 Å². The van der Waals surface area contributed by atoms with Crippen LogP contribution in [0.3, 0.4) is 0 Å². The predicted octanol–water partition coefficient (Wildman–Crippen LogP) is 2.32. The minimum atomic E-state index is 0.661. The highest BCUT2D eigenvalue weighted by molar-refractivity contribution is 7.10. The number of nitrogens with two attached hydrogens (primary N) is 1. The first-order chi connectivity index (χ1) is 6.36. The summed E-state index contributed by atoms with van der Waals surface area (Å²) in [6, 6.07) is 10.3. The van der Waals surface area contributed by atoms with Crippen molar-refractivity contribution in [2.24, 2.45) is 0 Å². The topological polar surface area (TPSA) is 38.9 Å². The number of hydrogen-bond donors (Lipinski definition) is 1. The van der Waals surface area contributed by atoms with Gasteiger partial charge in [0.15, 0.2) is 0 Å². The summed E-state index contributed by atoms with van der Waals surface area (Å²) in [4.78, 5) is 5.15. The molecule has 0 aliphatic rings. The second-order valence-corrected chi connectivity index (χ2v) is 3.76. The molecule has 0 amide bonds. The van der Waals surface area contributed by atoms with Gasteiger partial charge < -0.3 is 5.73 Å². The van der Waals surface area contributed by atoms with Gasteiger partial charge in [-0.25, -0.2) is 4.98 Å². The monoisotopic (exact) mass is 190 g/mol. The van der Waals surface area contributed by atoms with Crippen molar-refractivity contribution in [2.75, 3.05) is 5.73 Å². The van der Waals surface area contributed by atoms with Crippen LogP contribution in [0.15, 0.2) is 35.8 Å². The van der Waals surface area contributed by atoms with Gasteiger partial charge in [-0.15, -0.1) is 11.3 Å². The molecule has 1 aromatic heterocycles. The normalized spacial score (nSPS) is 10.2. The van der Waals surface area contributed by atoms with Crippen LogP contribution in [-0.2, 0) is 6.42 Å². The van der Waals surface area contributed by atoms with Crippen molar-refractivity contribution < 1.29 is 0 Å².